The number of rotatable bonds is 9. The summed E-state index contributed by atoms with van der Waals surface area (Å²) in [5, 5.41) is 3.36. The van der Waals surface area contributed by atoms with E-state index in [1.165, 1.54) is 6.07 Å². The van der Waals surface area contributed by atoms with Gasteiger partial charge < -0.3 is 14.8 Å². The Labute approximate surface area is 123 Å². The molecule has 0 spiro atoms. The molecule has 0 aliphatic heterocycles. The predicted octanol–water partition coefficient (Wildman–Crippen LogP) is 3.53. The van der Waals surface area contributed by atoms with Crippen molar-refractivity contribution in [2.24, 2.45) is 0 Å². The van der Waals surface area contributed by atoms with Gasteiger partial charge in [-0.1, -0.05) is 6.07 Å². The molecule has 0 aliphatic rings. The lowest BCUT2D eigenvalue weighted by atomic mass is 10.2. The molecular weight excluding hydrogens is 284 g/mol. The zero-order valence-electron chi connectivity index (χ0n) is 12.0. The number of thioether (sulfide) groups is 1. The fourth-order valence-corrected chi connectivity index (χ4v) is 2.34. The van der Waals surface area contributed by atoms with Crippen LogP contribution in [0.1, 0.15) is 19.4 Å². The van der Waals surface area contributed by atoms with E-state index in [1.54, 1.807) is 30.8 Å². The first-order valence-electron chi connectivity index (χ1n) is 6.49. The van der Waals surface area contributed by atoms with E-state index in [2.05, 4.69) is 23.2 Å². The van der Waals surface area contributed by atoms with E-state index >= 15 is 0 Å². The van der Waals surface area contributed by atoms with Crippen molar-refractivity contribution in [2.75, 3.05) is 18.6 Å². The number of nitrogens with one attached hydrogen (secondary N) is 1. The van der Waals surface area contributed by atoms with Crippen LogP contribution in [0.25, 0.3) is 0 Å². The minimum absolute atomic E-state index is 0.0720. The molecule has 20 heavy (non-hydrogen) atoms. The molecule has 0 bridgehead atoms. The van der Waals surface area contributed by atoms with Gasteiger partial charge in [-0.05, 0) is 37.8 Å². The Hall–Kier alpha value is -1.01. The smallest absolute Gasteiger partial charge is 0.387 e. The summed E-state index contributed by atoms with van der Waals surface area (Å²) in [7, 11) is 0. The molecule has 0 fully saturated rings. The average molecular weight is 305 g/mol. The second kappa shape index (κ2) is 9.02. The zero-order chi connectivity index (χ0) is 15.0. The zero-order valence-corrected chi connectivity index (χ0v) is 12.8. The molecule has 0 saturated carbocycles. The quantitative estimate of drug-likeness (QED) is 0.756. The van der Waals surface area contributed by atoms with Crippen LogP contribution in [-0.2, 0) is 6.54 Å². The average Bonchev–Trinajstić information content (AvgIpc) is 2.39. The monoisotopic (exact) mass is 305 g/mol. The molecule has 1 aromatic rings. The maximum absolute atomic E-state index is 12.3. The Bertz CT molecular complexity index is 405. The third-order valence-corrected chi connectivity index (χ3v) is 3.43. The Morgan fingerprint density at radius 3 is 2.65 bits per heavy atom. The second-order valence-electron chi connectivity index (χ2n) is 4.33. The number of benzene rings is 1. The molecule has 0 radical (unpaired) electrons. The molecule has 1 atom stereocenters. The molecule has 1 N–H and O–H groups in total. The summed E-state index contributed by atoms with van der Waals surface area (Å²) in [5.41, 5.74) is 0.975. The number of alkyl halides is 2. The van der Waals surface area contributed by atoms with Crippen molar-refractivity contribution in [1.82, 2.24) is 5.32 Å². The molecule has 1 rings (SSSR count). The Balaban J connectivity index is 2.71. The molecule has 0 amide bonds. The summed E-state index contributed by atoms with van der Waals surface area (Å²) in [4.78, 5) is 0. The van der Waals surface area contributed by atoms with Gasteiger partial charge >= 0.3 is 6.61 Å². The van der Waals surface area contributed by atoms with Gasteiger partial charge in [-0.3, -0.25) is 0 Å². The van der Waals surface area contributed by atoms with Crippen LogP contribution < -0.4 is 14.8 Å². The van der Waals surface area contributed by atoms with E-state index in [0.29, 0.717) is 24.9 Å². The summed E-state index contributed by atoms with van der Waals surface area (Å²) < 4.78 is 34.4. The van der Waals surface area contributed by atoms with Crippen molar-refractivity contribution in [3.8, 4) is 11.5 Å². The molecule has 3 nitrogen and oxygen atoms in total. The SMILES string of the molecule is CCOc1cc(CNC(C)CSC)ccc1OC(F)F. The molecule has 114 valence electrons. The van der Waals surface area contributed by atoms with Crippen LogP contribution in [0.3, 0.4) is 0 Å². The van der Waals surface area contributed by atoms with Crippen molar-refractivity contribution in [2.45, 2.75) is 33.0 Å². The highest BCUT2D eigenvalue weighted by Crippen LogP contribution is 2.29. The van der Waals surface area contributed by atoms with Crippen LogP contribution in [0, 0.1) is 0 Å². The van der Waals surface area contributed by atoms with Crippen molar-refractivity contribution in [3.63, 3.8) is 0 Å². The van der Waals surface area contributed by atoms with Crippen LogP contribution in [0.5, 0.6) is 11.5 Å². The van der Waals surface area contributed by atoms with Gasteiger partial charge in [0.15, 0.2) is 11.5 Å². The fourth-order valence-electron chi connectivity index (χ4n) is 1.73. The van der Waals surface area contributed by atoms with E-state index in [0.717, 1.165) is 11.3 Å². The summed E-state index contributed by atoms with van der Waals surface area (Å²) in [6.07, 6.45) is 2.06. The van der Waals surface area contributed by atoms with E-state index < -0.39 is 6.61 Å². The summed E-state index contributed by atoms with van der Waals surface area (Å²) in [5.74, 6) is 1.44. The van der Waals surface area contributed by atoms with Crippen molar-refractivity contribution >= 4 is 11.8 Å². The second-order valence-corrected chi connectivity index (χ2v) is 5.24. The van der Waals surface area contributed by atoms with Crippen LogP contribution in [0.4, 0.5) is 8.78 Å². The predicted molar refractivity (Wildman–Crippen MR) is 78.9 cm³/mol. The van der Waals surface area contributed by atoms with Gasteiger partial charge in [-0.25, -0.2) is 0 Å². The highest BCUT2D eigenvalue weighted by Gasteiger charge is 2.11. The molecule has 6 heteroatoms. The Morgan fingerprint density at radius 1 is 1.30 bits per heavy atom. The van der Waals surface area contributed by atoms with Crippen LogP contribution in [-0.4, -0.2) is 31.3 Å². The molecule has 1 unspecified atom stereocenters. The van der Waals surface area contributed by atoms with Crippen LogP contribution >= 0.6 is 11.8 Å². The van der Waals surface area contributed by atoms with Crippen LogP contribution in [0.2, 0.25) is 0 Å². The summed E-state index contributed by atoms with van der Waals surface area (Å²) in [6, 6.07) is 5.41. The minimum Gasteiger partial charge on any atom is -0.490 e. The maximum Gasteiger partial charge on any atom is 0.387 e. The van der Waals surface area contributed by atoms with Crippen molar-refractivity contribution < 1.29 is 18.3 Å². The first-order valence-corrected chi connectivity index (χ1v) is 7.89. The van der Waals surface area contributed by atoms with Gasteiger partial charge in [0.2, 0.25) is 0 Å². The van der Waals surface area contributed by atoms with Gasteiger partial charge in [0.1, 0.15) is 0 Å². The van der Waals surface area contributed by atoms with Crippen molar-refractivity contribution in [1.29, 1.82) is 0 Å². The number of hydrogen-bond acceptors (Lipinski definition) is 4. The first kappa shape index (κ1) is 17.0. The standard InChI is InChI=1S/C14H21F2NO2S/c1-4-18-13-7-11(8-17-10(2)9-20-3)5-6-12(13)19-14(15)16/h5-7,10,14,17H,4,8-9H2,1-3H3. The van der Waals surface area contributed by atoms with E-state index in [1.807, 2.05) is 0 Å². The molecule has 1 aromatic carbocycles. The topological polar surface area (TPSA) is 30.5 Å². The Morgan fingerprint density at radius 2 is 2.05 bits per heavy atom. The summed E-state index contributed by atoms with van der Waals surface area (Å²) >= 11 is 1.77. The minimum atomic E-state index is -2.85. The lowest BCUT2D eigenvalue weighted by Gasteiger charge is -2.15. The summed E-state index contributed by atoms with van der Waals surface area (Å²) in [6.45, 7) is 2.13. The van der Waals surface area contributed by atoms with E-state index in [4.69, 9.17) is 4.74 Å². The van der Waals surface area contributed by atoms with Gasteiger partial charge in [-0.2, -0.15) is 20.5 Å². The Kier molecular flexibility index (Phi) is 7.69. The number of ether oxygens (including phenoxy) is 2. The van der Waals surface area contributed by atoms with Crippen molar-refractivity contribution in [3.05, 3.63) is 23.8 Å². The number of halogens is 2. The normalized spacial score (nSPS) is 12.5. The lowest BCUT2D eigenvalue weighted by Crippen LogP contribution is -2.27. The molecule has 0 aromatic heterocycles. The van der Waals surface area contributed by atoms with Gasteiger partial charge in [0.25, 0.3) is 0 Å². The largest absolute Gasteiger partial charge is 0.490 e. The van der Waals surface area contributed by atoms with Crippen LogP contribution in [0.15, 0.2) is 18.2 Å². The maximum atomic E-state index is 12.3. The fraction of sp³-hybridized carbons (Fsp3) is 0.571. The van der Waals surface area contributed by atoms with Gasteiger partial charge in [-0.15, -0.1) is 0 Å². The molecule has 0 saturated heterocycles. The molecule has 0 aliphatic carbocycles. The highest BCUT2D eigenvalue weighted by atomic mass is 32.2. The molecular formula is C14H21F2NO2S. The third kappa shape index (κ3) is 5.96. The highest BCUT2D eigenvalue weighted by molar-refractivity contribution is 7.98. The van der Waals surface area contributed by atoms with E-state index in [-0.39, 0.29) is 5.75 Å². The molecule has 0 heterocycles. The third-order valence-electron chi connectivity index (χ3n) is 2.60. The number of hydrogen-bond donors (Lipinski definition) is 1. The van der Waals surface area contributed by atoms with Gasteiger partial charge in [0, 0.05) is 18.3 Å². The van der Waals surface area contributed by atoms with Gasteiger partial charge in [0.05, 0.1) is 6.61 Å². The first-order chi connectivity index (χ1) is 9.56. The van der Waals surface area contributed by atoms with E-state index in [9.17, 15) is 8.78 Å². The lowest BCUT2D eigenvalue weighted by molar-refractivity contribution is -0.0514.